The van der Waals surface area contributed by atoms with Crippen molar-refractivity contribution in [2.75, 3.05) is 5.73 Å². The maximum absolute atomic E-state index is 5.84. The molecule has 0 aliphatic heterocycles. The van der Waals surface area contributed by atoms with E-state index in [1.807, 2.05) is 11.6 Å². The summed E-state index contributed by atoms with van der Waals surface area (Å²) in [5.74, 6) is 0.820. The summed E-state index contributed by atoms with van der Waals surface area (Å²) in [6.07, 6.45) is 9.30. The van der Waals surface area contributed by atoms with Gasteiger partial charge in [-0.15, -0.1) is 0 Å². The molecule has 0 bridgehead atoms. The van der Waals surface area contributed by atoms with Crippen molar-refractivity contribution < 1.29 is 0 Å². The van der Waals surface area contributed by atoms with Crippen LogP contribution in [-0.2, 0) is 13.5 Å². The van der Waals surface area contributed by atoms with Gasteiger partial charge in [-0.25, -0.2) is 4.98 Å². The number of hydrogen-bond donors (Lipinski definition) is 1. The Hall–Kier alpha value is -0.990. The van der Waals surface area contributed by atoms with Crippen molar-refractivity contribution in [1.29, 1.82) is 0 Å². The van der Waals surface area contributed by atoms with Crippen molar-refractivity contribution >= 4 is 5.82 Å². The third-order valence-electron chi connectivity index (χ3n) is 2.58. The second-order valence-electron chi connectivity index (χ2n) is 3.85. The van der Waals surface area contributed by atoms with E-state index in [9.17, 15) is 0 Å². The zero-order valence-electron chi connectivity index (χ0n) is 9.29. The molecule has 0 saturated carbocycles. The Balaban J connectivity index is 2.21. The van der Waals surface area contributed by atoms with Gasteiger partial charge in [0.05, 0.1) is 12.0 Å². The second kappa shape index (κ2) is 5.68. The molecule has 3 heteroatoms. The van der Waals surface area contributed by atoms with Crippen molar-refractivity contribution in [3.05, 3.63) is 12.0 Å². The van der Waals surface area contributed by atoms with Crippen LogP contribution in [-0.4, -0.2) is 9.55 Å². The first kappa shape index (κ1) is 11.1. The fraction of sp³-hybridized carbons (Fsp3) is 0.727. The molecular formula is C11H21N3. The topological polar surface area (TPSA) is 43.8 Å². The fourth-order valence-electron chi connectivity index (χ4n) is 1.58. The average molecular weight is 195 g/mol. The number of aryl methyl sites for hydroxylation is 2. The van der Waals surface area contributed by atoms with E-state index < -0.39 is 0 Å². The van der Waals surface area contributed by atoms with E-state index in [1.165, 1.54) is 32.1 Å². The van der Waals surface area contributed by atoms with Crippen LogP contribution in [0.2, 0.25) is 0 Å². The lowest BCUT2D eigenvalue weighted by Crippen LogP contribution is -1.98. The lowest BCUT2D eigenvalue weighted by molar-refractivity contribution is 0.629. The van der Waals surface area contributed by atoms with E-state index in [0.29, 0.717) is 0 Å². The normalized spacial score (nSPS) is 10.7. The molecule has 0 spiro atoms. The molecule has 3 nitrogen and oxygen atoms in total. The van der Waals surface area contributed by atoms with Gasteiger partial charge in [-0.05, 0) is 12.8 Å². The molecule has 0 unspecified atom stereocenters. The van der Waals surface area contributed by atoms with Gasteiger partial charge in [0, 0.05) is 7.05 Å². The number of anilines is 1. The predicted molar refractivity (Wildman–Crippen MR) is 60.1 cm³/mol. The standard InChI is InChI=1S/C11H21N3/c1-3-4-5-6-7-8-10-11(12)14(2)9-13-10/h9H,3-8,12H2,1-2H3. The molecule has 0 atom stereocenters. The van der Waals surface area contributed by atoms with Crippen LogP contribution in [0.3, 0.4) is 0 Å². The van der Waals surface area contributed by atoms with E-state index in [4.69, 9.17) is 5.73 Å². The highest BCUT2D eigenvalue weighted by Crippen LogP contribution is 2.12. The summed E-state index contributed by atoms with van der Waals surface area (Å²) in [6, 6.07) is 0. The Labute approximate surface area is 86.3 Å². The molecule has 1 aromatic heterocycles. The monoisotopic (exact) mass is 195 g/mol. The molecule has 14 heavy (non-hydrogen) atoms. The molecule has 0 saturated heterocycles. The van der Waals surface area contributed by atoms with Crippen LogP contribution < -0.4 is 5.73 Å². The minimum absolute atomic E-state index is 0.820. The smallest absolute Gasteiger partial charge is 0.126 e. The van der Waals surface area contributed by atoms with Crippen LogP contribution >= 0.6 is 0 Å². The van der Waals surface area contributed by atoms with Crippen LogP contribution in [0.25, 0.3) is 0 Å². The summed E-state index contributed by atoms with van der Waals surface area (Å²) >= 11 is 0. The van der Waals surface area contributed by atoms with Crippen molar-refractivity contribution in [2.24, 2.45) is 7.05 Å². The van der Waals surface area contributed by atoms with Gasteiger partial charge < -0.3 is 10.3 Å². The number of aromatic nitrogens is 2. The Morgan fingerprint density at radius 3 is 2.57 bits per heavy atom. The van der Waals surface area contributed by atoms with E-state index in [-0.39, 0.29) is 0 Å². The predicted octanol–water partition coefficient (Wildman–Crippen LogP) is 2.52. The van der Waals surface area contributed by atoms with Crippen molar-refractivity contribution in [2.45, 2.75) is 45.4 Å². The number of nitrogens with two attached hydrogens (primary N) is 1. The molecular weight excluding hydrogens is 174 g/mol. The molecule has 0 amide bonds. The Kier molecular flexibility index (Phi) is 4.50. The summed E-state index contributed by atoms with van der Waals surface area (Å²) in [6.45, 7) is 2.23. The third kappa shape index (κ3) is 3.05. The average Bonchev–Trinajstić information content (AvgIpc) is 2.49. The van der Waals surface area contributed by atoms with Crippen LogP contribution in [0.5, 0.6) is 0 Å². The highest BCUT2D eigenvalue weighted by Gasteiger charge is 2.03. The van der Waals surface area contributed by atoms with E-state index >= 15 is 0 Å². The number of nitrogen functional groups attached to an aromatic ring is 1. The van der Waals surface area contributed by atoms with Gasteiger partial charge in [0.15, 0.2) is 0 Å². The lowest BCUT2D eigenvalue weighted by Gasteiger charge is -2.00. The molecule has 1 heterocycles. The molecule has 2 N–H and O–H groups in total. The highest BCUT2D eigenvalue weighted by molar-refractivity contribution is 5.35. The van der Waals surface area contributed by atoms with Crippen molar-refractivity contribution in [3.8, 4) is 0 Å². The summed E-state index contributed by atoms with van der Waals surface area (Å²) in [4.78, 5) is 4.27. The minimum atomic E-state index is 0.820. The molecule has 1 rings (SSSR count). The first-order valence-corrected chi connectivity index (χ1v) is 5.51. The van der Waals surface area contributed by atoms with Gasteiger partial charge in [-0.2, -0.15) is 0 Å². The number of rotatable bonds is 6. The lowest BCUT2D eigenvalue weighted by atomic mass is 10.1. The van der Waals surface area contributed by atoms with E-state index in [1.54, 1.807) is 6.33 Å². The molecule has 0 fully saturated rings. The van der Waals surface area contributed by atoms with Gasteiger partial charge in [-0.1, -0.05) is 32.6 Å². The summed E-state index contributed by atoms with van der Waals surface area (Å²) in [7, 11) is 1.93. The number of hydrogen-bond acceptors (Lipinski definition) is 2. The van der Waals surface area contributed by atoms with Crippen LogP contribution in [0.1, 0.15) is 44.7 Å². The molecule has 1 aromatic rings. The van der Waals surface area contributed by atoms with Crippen molar-refractivity contribution in [1.82, 2.24) is 9.55 Å². The minimum Gasteiger partial charge on any atom is -0.384 e. The van der Waals surface area contributed by atoms with Crippen LogP contribution in [0, 0.1) is 0 Å². The first-order valence-electron chi connectivity index (χ1n) is 5.51. The Morgan fingerprint density at radius 1 is 1.29 bits per heavy atom. The maximum Gasteiger partial charge on any atom is 0.126 e. The van der Waals surface area contributed by atoms with Gasteiger partial charge in [0.1, 0.15) is 5.82 Å². The zero-order chi connectivity index (χ0) is 10.4. The number of imidazole rings is 1. The highest BCUT2D eigenvalue weighted by atomic mass is 15.1. The van der Waals surface area contributed by atoms with Crippen LogP contribution in [0.15, 0.2) is 6.33 Å². The van der Waals surface area contributed by atoms with E-state index in [0.717, 1.165) is 17.9 Å². The quantitative estimate of drug-likeness (QED) is 0.709. The SMILES string of the molecule is CCCCCCCc1ncn(C)c1N. The molecule has 0 aliphatic rings. The second-order valence-corrected chi connectivity index (χ2v) is 3.85. The molecule has 0 aromatic carbocycles. The zero-order valence-corrected chi connectivity index (χ0v) is 9.29. The Bertz CT molecular complexity index is 265. The van der Waals surface area contributed by atoms with Crippen molar-refractivity contribution in [3.63, 3.8) is 0 Å². The van der Waals surface area contributed by atoms with E-state index in [2.05, 4.69) is 11.9 Å². The fourth-order valence-corrected chi connectivity index (χ4v) is 1.58. The summed E-state index contributed by atoms with van der Waals surface area (Å²) in [5, 5.41) is 0. The van der Waals surface area contributed by atoms with Gasteiger partial charge in [0.25, 0.3) is 0 Å². The number of nitrogens with zero attached hydrogens (tertiary/aromatic N) is 2. The Morgan fingerprint density at radius 2 is 2.00 bits per heavy atom. The third-order valence-corrected chi connectivity index (χ3v) is 2.58. The van der Waals surface area contributed by atoms with Gasteiger partial charge in [-0.3, -0.25) is 0 Å². The number of unbranched alkanes of at least 4 members (excludes halogenated alkanes) is 4. The maximum atomic E-state index is 5.84. The summed E-state index contributed by atoms with van der Waals surface area (Å²) < 4.78 is 1.88. The molecule has 0 aliphatic carbocycles. The molecule has 0 radical (unpaired) electrons. The summed E-state index contributed by atoms with van der Waals surface area (Å²) in [5.41, 5.74) is 6.90. The van der Waals surface area contributed by atoms with Gasteiger partial charge in [0.2, 0.25) is 0 Å². The van der Waals surface area contributed by atoms with Gasteiger partial charge >= 0.3 is 0 Å². The van der Waals surface area contributed by atoms with Crippen LogP contribution in [0.4, 0.5) is 5.82 Å². The largest absolute Gasteiger partial charge is 0.384 e. The molecule has 80 valence electrons. The first-order chi connectivity index (χ1) is 6.75.